The Bertz CT molecular complexity index is 425. The molecule has 0 aromatic rings. The van der Waals surface area contributed by atoms with Gasteiger partial charge in [-0.3, -0.25) is 0 Å². The van der Waals surface area contributed by atoms with Gasteiger partial charge in [-0.2, -0.15) is 0 Å². The summed E-state index contributed by atoms with van der Waals surface area (Å²) in [5.74, 6) is 1.94. The first-order valence-corrected chi connectivity index (χ1v) is 8.80. The summed E-state index contributed by atoms with van der Waals surface area (Å²) in [4.78, 5) is 0. The Morgan fingerprint density at radius 3 is 2.60 bits per heavy atom. The summed E-state index contributed by atoms with van der Waals surface area (Å²) in [5.41, 5.74) is 4.19. The van der Waals surface area contributed by atoms with Crippen molar-refractivity contribution >= 4 is 0 Å². The van der Waals surface area contributed by atoms with E-state index >= 15 is 0 Å². The molecule has 3 aliphatic rings. The van der Waals surface area contributed by atoms with Crippen molar-refractivity contribution in [3.05, 3.63) is 23.8 Å². The van der Waals surface area contributed by atoms with Gasteiger partial charge in [-0.25, -0.2) is 0 Å². The molecule has 0 spiro atoms. The summed E-state index contributed by atoms with van der Waals surface area (Å²) in [6.07, 6.45) is 15.1. The Labute approximate surface area is 125 Å². The monoisotopic (exact) mass is 272 g/mol. The lowest BCUT2D eigenvalue weighted by atomic mass is 9.53. The highest BCUT2D eigenvalue weighted by atomic mass is 14.5. The van der Waals surface area contributed by atoms with Crippen molar-refractivity contribution in [2.45, 2.75) is 78.6 Å². The van der Waals surface area contributed by atoms with Gasteiger partial charge in [-0.1, -0.05) is 57.4 Å². The van der Waals surface area contributed by atoms with Crippen LogP contribution in [0.3, 0.4) is 0 Å². The standard InChI is InChI=1S/C20H32/c1-15-9-13-20(4)17(14-15)8-7-16-6-5-11-19(2,3)12-10-18(16)20/h14,16,18H,1,5-13H2,2-4H3. The first kappa shape index (κ1) is 14.4. The second kappa shape index (κ2) is 5.04. The SMILES string of the molecule is C=C1C=C2CCC3CCCC(C)(C)CCC3C2(C)CC1. The zero-order valence-corrected chi connectivity index (χ0v) is 13.8. The van der Waals surface area contributed by atoms with Gasteiger partial charge in [0, 0.05) is 0 Å². The molecule has 0 heterocycles. The first-order chi connectivity index (χ1) is 9.41. The molecule has 0 heteroatoms. The molecule has 3 aliphatic carbocycles. The summed E-state index contributed by atoms with van der Waals surface area (Å²) in [6.45, 7) is 11.8. The molecule has 20 heavy (non-hydrogen) atoms. The van der Waals surface area contributed by atoms with Gasteiger partial charge in [0.25, 0.3) is 0 Å². The third-order valence-electron chi connectivity index (χ3n) is 6.81. The maximum absolute atomic E-state index is 4.22. The Balaban J connectivity index is 1.88. The fourth-order valence-corrected chi connectivity index (χ4v) is 5.32. The molecule has 0 amide bonds. The molecule has 0 N–H and O–H groups in total. The Kier molecular flexibility index (Phi) is 3.63. The zero-order valence-electron chi connectivity index (χ0n) is 13.8. The van der Waals surface area contributed by atoms with Crippen LogP contribution >= 0.6 is 0 Å². The van der Waals surface area contributed by atoms with Crippen molar-refractivity contribution in [3.63, 3.8) is 0 Å². The molecule has 0 bridgehead atoms. The molecule has 0 nitrogen and oxygen atoms in total. The lowest BCUT2D eigenvalue weighted by Crippen LogP contribution is -2.41. The maximum Gasteiger partial charge on any atom is -0.00791 e. The third kappa shape index (κ3) is 2.51. The second-order valence-corrected chi connectivity index (χ2v) is 8.75. The van der Waals surface area contributed by atoms with Gasteiger partial charge in [0.2, 0.25) is 0 Å². The van der Waals surface area contributed by atoms with E-state index in [1.54, 1.807) is 5.57 Å². The normalized spacial score (nSPS) is 41.0. The molecule has 0 aliphatic heterocycles. The number of fused-ring (bicyclic) bond motifs is 3. The Hall–Kier alpha value is -0.520. The van der Waals surface area contributed by atoms with Crippen LogP contribution in [0, 0.1) is 22.7 Å². The molecular formula is C20H32. The third-order valence-corrected chi connectivity index (χ3v) is 6.81. The van der Waals surface area contributed by atoms with Crippen molar-refractivity contribution < 1.29 is 0 Å². The highest BCUT2D eigenvalue weighted by Crippen LogP contribution is 2.57. The average molecular weight is 272 g/mol. The van der Waals surface area contributed by atoms with E-state index in [0.29, 0.717) is 10.8 Å². The molecule has 0 aromatic heterocycles. The predicted molar refractivity (Wildman–Crippen MR) is 87.6 cm³/mol. The molecule has 0 aromatic carbocycles. The van der Waals surface area contributed by atoms with Crippen LogP contribution in [0.2, 0.25) is 0 Å². The van der Waals surface area contributed by atoms with Crippen LogP contribution in [0.1, 0.15) is 78.6 Å². The van der Waals surface area contributed by atoms with Crippen LogP contribution in [0.25, 0.3) is 0 Å². The quantitative estimate of drug-likeness (QED) is 0.486. The van der Waals surface area contributed by atoms with Crippen LogP contribution < -0.4 is 0 Å². The van der Waals surface area contributed by atoms with E-state index in [2.05, 4.69) is 33.4 Å². The Morgan fingerprint density at radius 2 is 1.80 bits per heavy atom. The molecule has 3 atom stereocenters. The van der Waals surface area contributed by atoms with Gasteiger partial charge in [0.05, 0.1) is 0 Å². The summed E-state index contributed by atoms with van der Waals surface area (Å²) in [7, 11) is 0. The number of allylic oxidation sites excluding steroid dienone is 3. The number of rotatable bonds is 0. The molecule has 3 unspecified atom stereocenters. The zero-order chi connectivity index (χ0) is 14.4. The van der Waals surface area contributed by atoms with E-state index in [0.717, 1.165) is 11.8 Å². The van der Waals surface area contributed by atoms with E-state index in [1.807, 2.05) is 0 Å². The molecular weight excluding hydrogens is 240 g/mol. The minimum atomic E-state index is 0.498. The molecule has 0 radical (unpaired) electrons. The van der Waals surface area contributed by atoms with Gasteiger partial charge in [-0.15, -0.1) is 0 Å². The van der Waals surface area contributed by atoms with Crippen molar-refractivity contribution in [1.29, 1.82) is 0 Å². The van der Waals surface area contributed by atoms with Gasteiger partial charge in [0.1, 0.15) is 0 Å². The van der Waals surface area contributed by atoms with Gasteiger partial charge in [0.15, 0.2) is 0 Å². The van der Waals surface area contributed by atoms with Crippen molar-refractivity contribution in [3.8, 4) is 0 Å². The van der Waals surface area contributed by atoms with Crippen molar-refractivity contribution in [1.82, 2.24) is 0 Å². The largest absolute Gasteiger partial charge is 0.0958 e. The summed E-state index contributed by atoms with van der Waals surface area (Å²) < 4.78 is 0. The fraction of sp³-hybridized carbons (Fsp3) is 0.800. The summed E-state index contributed by atoms with van der Waals surface area (Å²) in [5, 5.41) is 0. The van der Waals surface area contributed by atoms with Crippen LogP contribution in [0.15, 0.2) is 23.8 Å². The van der Waals surface area contributed by atoms with E-state index < -0.39 is 0 Å². The average Bonchev–Trinajstić information content (AvgIpc) is 2.36. The molecule has 3 rings (SSSR count). The van der Waals surface area contributed by atoms with Crippen LogP contribution in [0.4, 0.5) is 0 Å². The van der Waals surface area contributed by atoms with Gasteiger partial charge < -0.3 is 0 Å². The molecule has 2 saturated carbocycles. The maximum atomic E-state index is 4.22. The topological polar surface area (TPSA) is 0 Å². The molecule has 112 valence electrons. The summed E-state index contributed by atoms with van der Waals surface area (Å²) >= 11 is 0. The fourth-order valence-electron chi connectivity index (χ4n) is 5.32. The second-order valence-electron chi connectivity index (χ2n) is 8.75. The Morgan fingerprint density at radius 1 is 1.00 bits per heavy atom. The minimum Gasteiger partial charge on any atom is -0.0958 e. The van der Waals surface area contributed by atoms with Crippen LogP contribution in [-0.4, -0.2) is 0 Å². The molecule has 0 saturated heterocycles. The highest BCUT2D eigenvalue weighted by molar-refractivity contribution is 5.32. The van der Waals surface area contributed by atoms with Gasteiger partial charge >= 0.3 is 0 Å². The van der Waals surface area contributed by atoms with E-state index in [4.69, 9.17) is 0 Å². The first-order valence-electron chi connectivity index (χ1n) is 8.80. The lowest BCUT2D eigenvalue weighted by molar-refractivity contribution is 0.0555. The van der Waals surface area contributed by atoms with Crippen LogP contribution in [0.5, 0.6) is 0 Å². The van der Waals surface area contributed by atoms with E-state index in [1.165, 1.54) is 63.4 Å². The molecule has 2 fully saturated rings. The van der Waals surface area contributed by atoms with Crippen molar-refractivity contribution in [2.75, 3.05) is 0 Å². The lowest BCUT2D eigenvalue weighted by Gasteiger charge is -2.52. The van der Waals surface area contributed by atoms with Gasteiger partial charge in [-0.05, 0) is 67.6 Å². The van der Waals surface area contributed by atoms with Crippen molar-refractivity contribution in [2.24, 2.45) is 22.7 Å². The van der Waals surface area contributed by atoms with Crippen LogP contribution in [-0.2, 0) is 0 Å². The smallest absolute Gasteiger partial charge is 0.00791 e. The predicted octanol–water partition coefficient (Wildman–Crippen LogP) is 6.29. The van der Waals surface area contributed by atoms with E-state index in [-0.39, 0.29) is 0 Å². The number of hydrogen-bond acceptors (Lipinski definition) is 0. The summed E-state index contributed by atoms with van der Waals surface area (Å²) in [6, 6.07) is 0. The highest BCUT2D eigenvalue weighted by Gasteiger charge is 2.46. The van der Waals surface area contributed by atoms with E-state index in [9.17, 15) is 0 Å². The minimum absolute atomic E-state index is 0.498. The number of hydrogen-bond donors (Lipinski definition) is 0.